The topological polar surface area (TPSA) is 21.3 Å². The summed E-state index contributed by atoms with van der Waals surface area (Å²) in [5.41, 5.74) is 2.92. The van der Waals surface area contributed by atoms with E-state index in [1.807, 2.05) is 0 Å². The molecule has 1 aromatic carbocycles. The predicted molar refractivity (Wildman–Crippen MR) is 78.6 cm³/mol. The molecule has 1 aromatic rings. The molecule has 3 rings (SSSR count). The van der Waals surface area contributed by atoms with Crippen LogP contribution in [0.25, 0.3) is 0 Å². The lowest BCUT2D eigenvalue weighted by Crippen LogP contribution is -2.43. The van der Waals surface area contributed by atoms with Crippen molar-refractivity contribution in [3.8, 4) is 5.75 Å². The van der Waals surface area contributed by atoms with Crippen molar-refractivity contribution < 1.29 is 4.74 Å². The molecular weight excluding hydrogens is 234 g/mol. The second kappa shape index (κ2) is 5.79. The van der Waals surface area contributed by atoms with Gasteiger partial charge in [-0.15, -0.1) is 0 Å². The Morgan fingerprint density at radius 3 is 3.00 bits per heavy atom. The van der Waals surface area contributed by atoms with E-state index in [0.717, 1.165) is 18.7 Å². The van der Waals surface area contributed by atoms with Crippen LogP contribution in [0.4, 0.5) is 0 Å². The van der Waals surface area contributed by atoms with E-state index in [2.05, 4.69) is 42.6 Å². The lowest BCUT2D eigenvalue weighted by Gasteiger charge is -2.26. The van der Waals surface area contributed by atoms with Gasteiger partial charge in [0, 0.05) is 6.42 Å². The number of hydrogen-bond donors (Lipinski definition) is 1. The third kappa shape index (κ3) is 2.69. The molecule has 0 amide bonds. The van der Waals surface area contributed by atoms with Crippen LogP contribution in [0.3, 0.4) is 0 Å². The van der Waals surface area contributed by atoms with E-state index in [1.54, 1.807) is 5.57 Å². The third-order valence-electron chi connectivity index (χ3n) is 4.13. The van der Waals surface area contributed by atoms with Gasteiger partial charge in [0.05, 0.1) is 6.04 Å². The number of hydrogen-bond acceptors (Lipinski definition) is 2. The van der Waals surface area contributed by atoms with Gasteiger partial charge in [-0.25, -0.2) is 0 Å². The zero-order valence-corrected chi connectivity index (χ0v) is 11.7. The maximum absolute atomic E-state index is 6.18. The van der Waals surface area contributed by atoms with Gasteiger partial charge in [0.15, 0.2) is 0 Å². The molecule has 1 aliphatic heterocycles. The molecule has 0 spiro atoms. The summed E-state index contributed by atoms with van der Waals surface area (Å²) < 4.78 is 6.18. The Morgan fingerprint density at radius 1 is 1.37 bits per heavy atom. The van der Waals surface area contributed by atoms with Crippen LogP contribution in [0, 0.1) is 0 Å². The van der Waals surface area contributed by atoms with Crippen LogP contribution in [0.5, 0.6) is 5.75 Å². The molecular formula is C17H23NO. The first-order valence-corrected chi connectivity index (χ1v) is 7.55. The molecule has 1 aliphatic carbocycles. The average Bonchev–Trinajstić information content (AvgIpc) is 3.08. The van der Waals surface area contributed by atoms with Crippen molar-refractivity contribution in [3.05, 3.63) is 41.5 Å². The van der Waals surface area contributed by atoms with E-state index in [-0.39, 0.29) is 6.10 Å². The summed E-state index contributed by atoms with van der Waals surface area (Å²) in [6, 6.07) is 8.85. The van der Waals surface area contributed by atoms with Gasteiger partial charge in [0.1, 0.15) is 11.9 Å². The van der Waals surface area contributed by atoms with E-state index in [9.17, 15) is 0 Å². The highest BCUT2D eigenvalue weighted by molar-refractivity contribution is 5.38. The highest BCUT2D eigenvalue weighted by Gasteiger charge is 2.32. The standard InChI is InChI=1S/C17H23NO/c1-2-11-18-17(13-7-3-4-8-13)16-12-14-9-5-6-10-15(14)19-16/h5-7,9-10,16-18H,2-4,8,11-12H2,1H3. The number of benzene rings is 1. The van der Waals surface area contributed by atoms with Crippen molar-refractivity contribution in [1.82, 2.24) is 5.32 Å². The van der Waals surface area contributed by atoms with Crippen molar-refractivity contribution in [3.63, 3.8) is 0 Å². The van der Waals surface area contributed by atoms with Crippen molar-refractivity contribution >= 4 is 0 Å². The molecule has 2 atom stereocenters. The third-order valence-corrected chi connectivity index (χ3v) is 4.13. The lowest BCUT2D eigenvalue weighted by molar-refractivity contribution is 0.192. The summed E-state index contributed by atoms with van der Waals surface area (Å²) in [5, 5.41) is 3.69. The van der Waals surface area contributed by atoms with Crippen LogP contribution >= 0.6 is 0 Å². The second-order valence-electron chi connectivity index (χ2n) is 5.57. The van der Waals surface area contributed by atoms with Gasteiger partial charge in [-0.1, -0.05) is 36.8 Å². The van der Waals surface area contributed by atoms with E-state index in [4.69, 9.17) is 4.74 Å². The van der Waals surface area contributed by atoms with E-state index in [0.29, 0.717) is 6.04 Å². The smallest absolute Gasteiger partial charge is 0.123 e. The molecule has 1 heterocycles. The van der Waals surface area contributed by atoms with Gasteiger partial charge < -0.3 is 10.1 Å². The SMILES string of the molecule is CCCNC(C1=CCCC1)C1Cc2ccccc2O1. The average molecular weight is 257 g/mol. The molecule has 0 bridgehead atoms. The van der Waals surface area contributed by atoms with Gasteiger partial charge >= 0.3 is 0 Å². The zero-order valence-electron chi connectivity index (χ0n) is 11.7. The maximum Gasteiger partial charge on any atom is 0.123 e. The first-order valence-electron chi connectivity index (χ1n) is 7.55. The molecule has 0 fully saturated rings. The predicted octanol–water partition coefficient (Wildman–Crippen LogP) is 3.47. The minimum atomic E-state index is 0.272. The number of nitrogens with one attached hydrogen (secondary N) is 1. The number of rotatable bonds is 5. The maximum atomic E-state index is 6.18. The number of allylic oxidation sites excluding steroid dienone is 1. The van der Waals surface area contributed by atoms with Gasteiger partial charge in [-0.3, -0.25) is 0 Å². The van der Waals surface area contributed by atoms with Crippen LogP contribution in [0.15, 0.2) is 35.9 Å². The fraction of sp³-hybridized carbons (Fsp3) is 0.529. The summed E-state index contributed by atoms with van der Waals surface area (Å²) in [7, 11) is 0. The van der Waals surface area contributed by atoms with Gasteiger partial charge in [0.2, 0.25) is 0 Å². The van der Waals surface area contributed by atoms with Crippen LogP contribution in [0.2, 0.25) is 0 Å². The molecule has 0 aromatic heterocycles. The van der Waals surface area contributed by atoms with E-state index < -0.39 is 0 Å². The molecule has 2 nitrogen and oxygen atoms in total. The lowest BCUT2D eigenvalue weighted by atomic mass is 9.97. The fourth-order valence-corrected chi connectivity index (χ4v) is 3.17. The monoisotopic (exact) mass is 257 g/mol. The largest absolute Gasteiger partial charge is 0.488 e. The van der Waals surface area contributed by atoms with E-state index in [1.165, 1.54) is 31.2 Å². The summed E-state index contributed by atoms with van der Waals surface area (Å²) in [6.07, 6.45) is 8.67. The Balaban J connectivity index is 1.74. The van der Waals surface area contributed by atoms with Crippen molar-refractivity contribution in [2.45, 2.75) is 51.2 Å². The summed E-state index contributed by atoms with van der Waals surface area (Å²) in [4.78, 5) is 0. The Kier molecular flexibility index (Phi) is 3.88. The minimum absolute atomic E-state index is 0.272. The first kappa shape index (κ1) is 12.7. The fourth-order valence-electron chi connectivity index (χ4n) is 3.17. The molecule has 0 saturated heterocycles. The molecule has 2 heteroatoms. The van der Waals surface area contributed by atoms with Crippen molar-refractivity contribution in [2.75, 3.05) is 6.54 Å². The minimum Gasteiger partial charge on any atom is -0.488 e. The van der Waals surface area contributed by atoms with E-state index >= 15 is 0 Å². The number of para-hydroxylation sites is 1. The molecule has 1 N–H and O–H groups in total. The molecule has 102 valence electrons. The zero-order chi connectivity index (χ0) is 13.1. The van der Waals surface area contributed by atoms with Gasteiger partial charge in [-0.05, 0) is 43.9 Å². The number of ether oxygens (including phenoxy) is 1. The van der Waals surface area contributed by atoms with Crippen LogP contribution in [0.1, 0.15) is 38.2 Å². The molecule has 2 aliphatic rings. The highest BCUT2D eigenvalue weighted by atomic mass is 16.5. The molecule has 0 radical (unpaired) electrons. The first-order chi connectivity index (χ1) is 9.38. The molecule has 2 unspecified atom stereocenters. The van der Waals surface area contributed by atoms with Crippen LogP contribution in [-0.2, 0) is 6.42 Å². The highest BCUT2D eigenvalue weighted by Crippen LogP contribution is 2.33. The Labute approximate surface area is 115 Å². The Hall–Kier alpha value is -1.28. The second-order valence-corrected chi connectivity index (χ2v) is 5.57. The van der Waals surface area contributed by atoms with Gasteiger partial charge in [0.25, 0.3) is 0 Å². The van der Waals surface area contributed by atoms with Gasteiger partial charge in [-0.2, -0.15) is 0 Å². The summed E-state index contributed by atoms with van der Waals surface area (Å²) >= 11 is 0. The number of fused-ring (bicyclic) bond motifs is 1. The molecule has 0 saturated carbocycles. The molecule has 19 heavy (non-hydrogen) atoms. The van der Waals surface area contributed by atoms with Crippen LogP contribution in [-0.4, -0.2) is 18.7 Å². The van der Waals surface area contributed by atoms with Crippen LogP contribution < -0.4 is 10.1 Å². The Bertz CT molecular complexity index is 441. The Morgan fingerprint density at radius 2 is 2.26 bits per heavy atom. The quantitative estimate of drug-likeness (QED) is 0.816. The summed E-state index contributed by atoms with van der Waals surface area (Å²) in [5.74, 6) is 1.08. The summed E-state index contributed by atoms with van der Waals surface area (Å²) in [6.45, 7) is 3.29. The van der Waals surface area contributed by atoms with Crippen molar-refractivity contribution in [1.29, 1.82) is 0 Å². The normalized spacial score (nSPS) is 22.8. The van der Waals surface area contributed by atoms with Crippen molar-refractivity contribution in [2.24, 2.45) is 0 Å².